The highest BCUT2D eigenvalue weighted by Gasteiger charge is 2.37. The van der Waals surface area contributed by atoms with Crippen LogP contribution in [0.25, 0.3) is 0 Å². The second-order valence-electron chi connectivity index (χ2n) is 1.86. The van der Waals surface area contributed by atoms with E-state index in [-0.39, 0.29) is 6.61 Å². The first kappa shape index (κ1) is 10.8. The van der Waals surface area contributed by atoms with Crippen molar-refractivity contribution in [2.45, 2.75) is 19.2 Å². The fourth-order valence-electron chi connectivity index (χ4n) is 0.587. The molecule has 0 aliphatic carbocycles. The first-order valence-corrected chi connectivity index (χ1v) is 3.23. The molecule has 0 amide bonds. The summed E-state index contributed by atoms with van der Waals surface area (Å²) in [5.74, 6) is -2.07. The predicted molar refractivity (Wildman–Crippen MR) is 36.6 cm³/mol. The molecule has 0 saturated heterocycles. The van der Waals surface area contributed by atoms with Crippen LogP contribution >= 0.6 is 0 Å². The Hall–Kier alpha value is -0.200. The monoisotopic (exact) mass is 166 g/mol. The maximum atomic E-state index is 9.27. The molecule has 68 valence electrons. The van der Waals surface area contributed by atoms with E-state index < -0.39 is 12.3 Å². The lowest BCUT2D eigenvalue weighted by Crippen LogP contribution is -2.47. The molecular formula is C6H14O5. The lowest BCUT2D eigenvalue weighted by Gasteiger charge is -2.28. The number of rotatable bonds is 5. The van der Waals surface area contributed by atoms with E-state index in [0.717, 1.165) is 0 Å². The van der Waals surface area contributed by atoms with Crippen LogP contribution in [0.2, 0.25) is 0 Å². The van der Waals surface area contributed by atoms with Crippen molar-refractivity contribution in [3.8, 4) is 0 Å². The highest BCUT2D eigenvalue weighted by atomic mass is 16.8. The van der Waals surface area contributed by atoms with E-state index in [9.17, 15) is 5.11 Å². The van der Waals surface area contributed by atoms with Gasteiger partial charge in [-0.05, 0) is 6.92 Å². The zero-order chi connectivity index (χ0) is 8.91. The van der Waals surface area contributed by atoms with E-state index in [4.69, 9.17) is 5.11 Å². The molecule has 0 aliphatic heterocycles. The minimum atomic E-state index is -2.07. The van der Waals surface area contributed by atoms with Gasteiger partial charge in [0, 0.05) is 20.8 Å². The molecule has 0 aliphatic rings. The molecule has 11 heavy (non-hydrogen) atoms. The Labute approximate surface area is 65.5 Å². The molecule has 2 N–H and O–H groups in total. The summed E-state index contributed by atoms with van der Waals surface area (Å²) in [5, 5.41) is 18.3. The number of methoxy groups -OCH3 is 2. The van der Waals surface area contributed by atoms with Gasteiger partial charge in [-0.2, -0.15) is 0 Å². The van der Waals surface area contributed by atoms with Crippen LogP contribution in [0.1, 0.15) is 6.92 Å². The number of hydrogen-bond acceptors (Lipinski definition) is 5. The first-order chi connectivity index (χ1) is 5.10. The fraction of sp³-hybridized carbons (Fsp3) is 1.00. The Kier molecular flexibility index (Phi) is 4.55. The maximum absolute atomic E-state index is 9.27. The molecular weight excluding hydrogens is 152 g/mol. The largest absolute Gasteiger partial charge is 0.362 e. The van der Waals surface area contributed by atoms with Crippen molar-refractivity contribution < 1.29 is 24.4 Å². The van der Waals surface area contributed by atoms with Crippen molar-refractivity contribution in [1.82, 2.24) is 0 Å². The molecule has 0 bridgehead atoms. The number of hydrogen-bond donors (Lipinski definition) is 2. The molecule has 0 heterocycles. The highest BCUT2D eigenvalue weighted by Crippen LogP contribution is 2.13. The topological polar surface area (TPSA) is 68.2 Å². The van der Waals surface area contributed by atoms with Crippen LogP contribution in [0.15, 0.2) is 0 Å². The van der Waals surface area contributed by atoms with Crippen LogP contribution in [0.5, 0.6) is 0 Å². The van der Waals surface area contributed by atoms with E-state index >= 15 is 0 Å². The summed E-state index contributed by atoms with van der Waals surface area (Å²) in [7, 11) is 2.44. The molecule has 0 aromatic heterocycles. The third-order valence-electron chi connectivity index (χ3n) is 1.18. The zero-order valence-electron chi connectivity index (χ0n) is 6.90. The molecule has 2 atom stereocenters. The Morgan fingerprint density at radius 2 is 2.00 bits per heavy atom. The van der Waals surface area contributed by atoms with E-state index in [2.05, 4.69) is 14.2 Å². The molecule has 5 nitrogen and oxygen atoms in total. The predicted octanol–water partition coefficient (Wildman–Crippen LogP) is -0.720. The fourth-order valence-corrected chi connectivity index (χ4v) is 0.587. The van der Waals surface area contributed by atoms with Gasteiger partial charge < -0.3 is 24.4 Å². The van der Waals surface area contributed by atoms with Gasteiger partial charge in [-0.15, -0.1) is 0 Å². The first-order valence-electron chi connectivity index (χ1n) is 3.23. The van der Waals surface area contributed by atoms with Gasteiger partial charge in [0.2, 0.25) is 6.29 Å². The Bertz CT molecular complexity index is 107. The van der Waals surface area contributed by atoms with Crippen molar-refractivity contribution in [3.05, 3.63) is 0 Å². The molecule has 2 unspecified atom stereocenters. The summed E-state index contributed by atoms with van der Waals surface area (Å²) in [6.45, 7) is 1.87. The van der Waals surface area contributed by atoms with Crippen molar-refractivity contribution >= 4 is 0 Å². The van der Waals surface area contributed by atoms with Crippen LogP contribution in [0.4, 0.5) is 0 Å². The maximum Gasteiger partial charge on any atom is 0.334 e. The van der Waals surface area contributed by atoms with Gasteiger partial charge in [-0.3, -0.25) is 0 Å². The number of ether oxygens (including phenoxy) is 3. The second kappa shape index (κ2) is 4.63. The van der Waals surface area contributed by atoms with Crippen LogP contribution in [0, 0.1) is 0 Å². The Morgan fingerprint density at radius 3 is 2.27 bits per heavy atom. The second-order valence-corrected chi connectivity index (χ2v) is 1.86. The van der Waals surface area contributed by atoms with Crippen molar-refractivity contribution in [3.63, 3.8) is 0 Å². The molecule has 0 saturated carbocycles. The van der Waals surface area contributed by atoms with Gasteiger partial charge in [-0.25, -0.2) is 0 Å². The van der Waals surface area contributed by atoms with Gasteiger partial charge in [0.1, 0.15) is 0 Å². The highest BCUT2D eigenvalue weighted by molar-refractivity contribution is 4.55. The van der Waals surface area contributed by atoms with Gasteiger partial charge in [0.25, 0.3) is 0 Å². The van der Waals surface area contributed by atoms with Gasteiger partial charge in [0.05, 0.1) is 0 Å². The van der Waals surface area contributed by atoms with Crippen LogP contribution in [-0.4, -0.2) is 43.3 Å². The minimum Gasteiger partial charge on any atom is -0.362 e. The molecule has 0 rings (SSSR count). The molecule has 0 radical (unpaired) electrons. The lowest BCUT2D eigenvalue weighted by molar-refractivity contribution is -0.425. The van der Waals surface area contributed by atoms with Crippen LogP contribution in [-0.2, 0) is 14.2 Å². The zero-order valence-corrected chi connectivity index (χ0v) is 6.90. The summed E-state index contributed by atoms with van der Waals surface area (Å²) < 4.78 is 13.6. The minimum absolute atomic E-state index is 0.213. The van der Waals surface area contributed by atoms with Crippen molar-refractivity contribution in [2.24, 2.45) is 0 Å². The molecule has 0 spiro atoms. The van der Waals surface area contributed by atoms with Gasteiger partial charge >= 0.3 is 5.97 Å². The Morgan fingerprint density at radius 1 is 1.45 bits per heavy atom. The molecule has 5 heteroatoms. The lowest BCUT2D eigenvalue weighted by atomic mass is 10.5. The smallest absolute Gasteiger partial charge is 0.334 e. The van der Waals surface area contributed by atoms with Gasteiger partial charge in [-0.1, -0.05) is 0 Å². The normalized spacial score (nSPS) is 19.4. The average Bonchev–Trinajstić information content (AvgIpc) is 2.03. The quantitative estimate of drug-likeness (QED) is 0.527. The third kappa shape index (κ3) is 2.72. The van der Waals surface area contributed by atoms with E-state index in [1.807, 2.05) is 0 Å². The van der Waals surface area contributed by atoms with Crippen molar-refractivity contribution in [1.29, 1.82) is 0 Å². The standard InChI is InChI=1S/C6H14O5/c1-4-11-6(8,10-3)5(7)9-2/h5,7-8H,4H2,1-3H3. The third-order valence-corrected chi connectivity index (χ3v) is 1.18. The Balaban J connectivity index is 4.07. The number of aliphatic hydroxyl groups is 2. The van der Waals surface area contributed by atoms with Crippen LogP contribution < -0.4 is 0 Å². The summed E-state index contributed by atoms with van der Waals surface area (Å²) in [4.78, 5) is 0. The summed E-state index contributed by atoms with van der Waals surface area (Å²) in [5.41, 5.74) is 0. The van der Waals surface area contributed by atoms with Crippen molar-refractivity contribution in [2.75, 3.05) is 20.8 Å². The SMILES string of the molecule is CCOC(O)(OC)C(O)OC. The average molecular weight is 166 g/mol. The molecule has 0 fully saturated rings. The summed E-state index contributed by atoms with van der Waals surface area (Å²) >= 11 is 0. The van der Waals surface area contributed by atoms with E-state index in [1.165, 1.54) is 14.2 Å². The van der Waals surface area contributed by atoms with Gasteiger partial charge in [0.15, 0.2) is 0 Å². The summed E-state index contributed by atoms with van der Waals surface area (Å²) in [6, 6.07) is 0. The summed E-state index contributed by atoms with van der Waals surface area (Å²) in [6.07, 6.45) is -1.51. The van der Waals surface area contributed by atoms with Crippen LogP contribution in [0.3, 0.4) is 0 Å². The number of aliphatic hydroxyl groups excluding tert-OH is 1. The molecule has 0 aromatic carbocycles. The van der Waals surface area contributed by atoms with E-state index in [0.29, 0.717) is 0 Å². The van der Waals surface area contributed by atoms with E-state index in [1.54, 1.807) is 6.92 Å². The molecule has 0 aromatic rings.